The van der Waals surface area contributed by atoms with Crippen molar-refractivity contribution in [3.05, 3.63) is 63.9 Å². The number of thioether (sulfide) groups is 1. The monoisotopic (exact) mass is 472 g/mol. The van der Waals surface area contributed by atoms with E-state index in [9.17, 15) is 18.8 Å². The van der Waals surface area contributed by atoms with Crippen LogP contribution in [-0.2, 0) is 14.3 Å². The summed E-state index contributed by atoms with van der Waals surface area (Å²) in [4.78, 5) is 36.9. The lowest BCUT2D eigenvalue weighted by molar-refractivity contribution is -0.149. The molecule has 2 aromatic rings. The van der Waals surface area contributed by atoms with Crippen LogP contribution >= 0.6 is 35.0 Å². The molecule has 0 saturated heterocycles. The first-order valence-corrected chi connectivity index (χ1v) is 10.9. The highest BCUT2D eigenvalue weighted by Gasteiger charge is 2.24. The number of rotatable bonds is 9. The van der Waals surface area contributed by atoms with Gasteiger partial charge in [-0.15, -0.1) is 0 Å². The van der Waals surface area contributed by atoms with Crippen molar-refractivity contribution in [2.45, 2.75) is 12.5 Å². The SMILES string of the molecule is CSCCC(NC(=O)c1ccc(Cl)cc1Cl)C(=O)OCC(=O)Nc1cccc(F)c1. The Balaban J connectivity index is 1.96. The number of nitrogens with one attached hydrogen (secondary N) is 2. The molecule has 0 saturated carbocycles. The minimum Gasteiger partial charge on any atom is -0.454 e. The van der Waals surface area contributed by atoms with Gasteiger partial charge in [0, 0.05) is 10.7 Å². The molecular formula is C20H19Cl2FN2O4S. The van der Waals surface area contributed by atoms with Gasteiger partial charge in [-0.3, -0.25) is 9.59 Å². The third kappa shape index (κ3) is 7.51. The molecule has 2 aromatic carbocycles. The van der Waals surface area contributed by atoms with Crippen LogP contribution in [0.1, 0.15) is 16.8 Å². The smallest absolute Gasteiger partial charge is 0.329 e. The summed E-state index contributed by atoms with van der Waals surface area (Å²) in [6.07, 6.45) is 2.15. The van der Waals surface area contributed by atoms with Crippen molar-refractivity contribution in [1.82, 2.24) is 5.32 Å². The quantitative estimate of drug-likeness (QED) is 0.535. The van der Waals surface area contributed by atoms with Gasteiger partial charge in [-0.2, -0.15) is 11.8 Å². The number of carbonyl (C=O) groups excluding carboxylic acids is 3. The summed E-state index contributed by atoms with van der Waals surface area (Å²) in [6, 6.07) is 8.71. The number of ether oxygens (including phenoxy) is 1. The van der Waals surface area contributed by atoms with Gasteiger partial charge in [-0.05, 0) is 54.8 Å². The predicted octanol–water partition coefficient (Wildman–Crippen LogP) is 4.17. The molecule has 2 N–H and O–H groups in total. The normalized spacial score (nSPS) is 11.5. The van der Waals surface area contributed by atoms with E-state index in [-0.39, 0.29) is 16.3 Å². The Labute approximate surface area is 187 Å². The molecule has 10 heteroatoms. The van der Waals surface area contributed by atoms with E-state index < -0.39 is 36.2 Å². The maximum atomic E-state index is 13.2. The van der Waals surface area contributed by atoms with Crippen molar-refractivity contribution in [1.29, 1.82) is 0 Å². The van der Waals surface area contributed by atoms with E-state index in [0.29, 0.717) is 17.2 Å². The molecule has 1 unspecified atom stereocenters. The second-order valence-corrected chi connectivity index (χ2v) is 7.93. The average molecular weight is 473 g/mol. The Morgan fingerprint density at radius 2 is 1.93 bits per heavy atom. The minimum absolute atomic E-state index is 0.145. The summed E-state index contributed by atoms with van der Waals surface area (Å²) in [5, 5.41) is 5.51. The molecule has 0 radical (unpaired) electrons. The van der Waals surface area contributed by atoms with Crippen molar-refractivity contribution in [3.63, 3.8) is 0 Å². The summed E-state index contributed by atoms with van der Waals surface area (Å²) in [5.41, 5.74) is 0.396. The van der Waals surface area contributed by atoms with Crippen LogP contribution in [0, 0.1) is 5.82 Å². The number of benzene rings is 2. The van der Waals surface area contributed by atoms with Gasteiger partial charge in [0.05, 0.1) is 10.6 Å². The molecular weight excluding hydrogens is 454 g/mol. The van der Waals surface area contributed by atoms with E-state index in [2.05, 4.69) is 10.6 Å². The van der Waals surface area contributed by atoms with E-state index in [4.69, 9.17) is 27.9 Å². The lowest BCUT2D eigenvalue weighted by atomic mass is 10.1. The molecule has 1 atom stereocenters. The highest BCUT2D eigenvalue weighted by molar-refractivity contribution is 7.98. The number of anilines is 1. The lowest BCUT2D eigenvalue weighted by Gasteiger charge is -2.18. The minimum atomic E-state index is -0.973. The fourth-order valence-electron chi connectivity index (χ4n) is 2.39. The molecule has 0 bridgehead atoms. The van der Waals surface area contributed by atoms with Crippen molar-refractivity contribution >= 4 is 58.4 Å². The van der Waals surface area contributed by atoms with Gasteiger partial charge in [-0.25, -0.2) is 9.18 Å². The molecule has 0 aliphatic rings. The summed E-state index contributed by atoms with van der Waals surface area (Å²) in [5.74, 6) is -1.90. The number of hydrogen-bond donors (Lipinski definition) is 2. The van der Waals surface area contributed by atoms with Crippen molar-refractivity contribution in [2.24, 2.45) is 0 Å². The Morgan fingerprint density at radius 3 is 2.60 bits per heavy atom. The van der Waals surface area contributed by atoms with Crippen LogP contribution in [0.3, 0.4) is 0 Å². The average Bonchev–Trinajstić information content (AvgIpc) is 2.69. The van der Waals surface area contributed by atoms with Crippen LogP contribution in [0.5, 0.6) is 0 Å². The van der Waals surface area contributed by atoms with Gasteiger partial charge in [0.25, 0.3) is 11.8 Å². The fourth-order valence-corrected chi connectivity index (χ4v) is 3.36. The maximum Gasteiger partial charge on any atom is 0.329 e. The Hall–Kier alpha value is -2.29. The Bertz CT molecular complexity index is 929. The second kappa shape index (κ2) is 11.8. The zero-order chi connectivity index (χ0) is 22.1. The van der Waals surface area contributed by atoms with Gasteiger partial charge in [0.2, 0.25) is 0 Å². The Kier molecular flexibility index (Phi) is 9.42. The van der Waals surface area contributed by atoms with Crippen LogP contribution in [-0.4, -0.2) is 42.4 Å². The van der Waals surface area contributed by atoms with Crippen LogP contribution in [0.15, 0.2) is 42.5 Å². The predicted molar refractivity (Wildman–Crippen MR) is 117 cm³/mol. The lowest BCUT2D eigenvalue weighted by Crippen LogP contribution is -2.43. The zero-order valence-electron chi connectivity index (χ0n) is 15.9. The molecule has 6 nitrogen and oxygen atoms in total. The second-order valence-electron chi connectivity index (χ2n) is 6.10. The van der Waals surface area contributed by atoms with Crippen LogP contribution in [0.2, 0.25) is 10.0 Å². The molecule has 2 amide bonds. The molecule has 0 aliphatic heterocycles. The third-order valence-electron chi connectivity index (χ3n) is 3.83. The summed E-state index contributed by atoms with van der Waals surface area (Å²) in [7, 11) is 0. The Morgan fingerprint density at radius 1 is 1.17 bits per heavy atom. The molecule has 0 fully saturated rings. The third-order valence-corrected chi connectivity index (χ3v) is 5.02. The van der Waals surface area contributed by atoms with E-state index in [1.807, 2.05) is 6.26 Å². The molecule has 0 heterocycles. The van der Waals surface area contributed by atoms with E-state index in [1.165, 1.54) is 48.2 Å². The molecule has 0 spiro atoms. The first kappa shape index (κ1) is 24.0. The van der Waals surface area contributed by atoms with Crippen molar-refractivity contribution in [2.75, 3.05) is 23.9 Å². The number of carbonyl (C=O) groups is 3. The summed E-state index contributed by atoms with van der Waals surface area (Å²) >= 11 is 13.4. The van der Waals surface area contributed by atoms with Crippen LogP contribution < -0.4 is 10.6 Å². The first-order chi connectivity index (χ1) is 14.3. The van der Waals surface area contributed by atoms with Gasteiger partial charge >= 0.3 is 5.97 Å². The van der Waals surface area contributed by atoms with E-state index >= 15 is 0 Å². The highest BCUT2D eigenvalue weighted by Crippen LogP contribution is 2.21. The van der Waals surface area contributed by atoms with E-state index in [0.717, 1.165) is 6.07 Å². The number of esters is 1. The van der Waals surface area contributed by atoms with Crippen LogP contribution in [0.4, 0.5) is 10.1 Å². The molecule has 0 aliphatic carbocycles. The van der Waals surface area contributed by atoms with Gasteiger partial charge in [-0.1, -0.05) is 29.3 Å². The largest absolute Gasteiger partial charge is 0.454 e. The number of halogens is 3. The van der Waals surface area contributed by atoms with Crippen molar-refractivity contribution < 1.29 is 23.5 Å². The number of amides is 2. The molecule has 160 valence electrons. The first-order valence-electron chi connectivity index (χ1n) is 8.77. The van der Waals surface area contributed by atoms with Gasteiger partial charge < -0.3 is 15.4 Å². The number of hydrogen-bond acceptors (Lipinski definition) is 5. The fraction of sp³-hybridized carbons (Fsp3) is 0.250. The summed E-state index contributed by atoms with van der Waals surface area (Å²) in [6.45, 7) is -0.581. The van der Waals surface area contributed by atoms with Gasteiger partial charge in [0.1, 0.15) is 11.9 Å². The highest BCUT2D eigenvalue weighted by atomic mass is 35.5. The topological polar surface area (TPSA) is 84.5 Å². The zero-order valence-corrected chi connectivity index (χ0v) is 18.2. The molecule has 0 aromatic heterocycles. The molecule has 2 rings (SSSR count). The summed E-state index contributed by atoms with van der Waals surface area (Å²) < 4.78 is 18.2. The van der Waals surface area contributed by atoms with Crippen molar-refractivity contribution in [3.8, 4) is 0 Å². The molecule has 30 heavy (non-hydrogen) atoms. The maximum absolute atomic E-state index is 13.2. The van der Waals surface area contributed by atoms with Gasteiger partial charge in [0.15, 0.2) is 6.61 Å². The van der Waals surface area contributed by atoms with E-state index in [1.54, 1.807) is 0 Å². The standard InChI is InChI=1S/C20H19Cl2FN2O4S/c1-30-8-7-17(25-19(27)15-6-5-12(21)9-16(15)22)20(28)29-11-18(26)24-14-4-2-3-13(23)10-14/h2-6,9-10,17H,7-8,11H2,1H3,(H,24,26)(H,25,27). The van der Waals surface area contributed by atoms with Crippen LogP contribution in [0.25, 0.3) is 0 Å².